The standard InChI is InChI=1S/C17H17F2N3O2/c1-9-12(10(2)21-17(24)20-9)3-4-16(23)22-6-5-13-14(19)7-11(18)8-15(13)22/h7-8H,3-6H2,1-2H3,(H,20,21,24). The van der Waals surface area contributed by atoms with Crippen LogP contribution in [0.4, 0.5) is 14.5 Å². The van der Waals surface area contributed by atoms with Crippen molar-refractivity contribution in [2.75, 3.05) is 11.4 Å². The summed E-state index contributed by atoms with van der Waals surface area (Å²) >= 11 is 0. The Morgan fingerprint density at radius 1 is 1.33 bits per heavy atom. The van der Waals surface area contributed by atoms with Gasteiger partial charge in [-0.1, -0.05) is 0 Å². The maximum absolute atomic E-state index is 13.8. The average Bonchev–Trinajstić information content (AvgIpc) is 2.89. The summed E-state index contributed by atoms with van der Waals surface area (Å²) in [7, 11) is 0. The van der Waals surface area contributed by atoms with Crippen LogP contribution in [-0.4, -0.2) is 22.4 Å². The van der Waals surface area contributed by atoms with Gasteiger partial charge in [-0.15, -0.1) is 0 Å². The largest absolute Gasteiger partial charge is 0.345 e. The first kappa shape index (κ1) is 16.3. The number of fused-ring (bicyclic) bond motifs is 1. The predicted octanol–water partition coefficient (Wildman–Crippen LogP) is 2.19. The number of carbonyl (C=O) groups is 1. The molecule has 7 heteroatoms. The lowest BCUT2D eigenvalue weighted by Crippen LogP contribution is -2.29. The smallest absolute Gasteiger partial charge is 0.312 e. The molecule has 1 aliphatic rings. The lowest BCUT2D eigenvalue weighted by molar-refractivity contribution is -0.118. The second-order valence-electron chi connectivity index (χ2n) is 5.91. The number of aromatic amines is 1. The van der Waals surface area contributed by atoms with E-state index in [2.05, 4.69) is 9.97 Å². The Labute approximate surface area is 137 Å². The van der Waals surface area contributed by atoms with Crippen molar-refractivity contribution in [2.45, 2.75) is 33.1 Å². The highest BCUT2D eigenvalue weighted by molar-refractivity contribution is 5.95. The van der Waals surface area contributed by atoms with E-state index in [1.54, 1.807) is 13.8 Å². The minimum Gasteiger partial charge on any atom is -0.312 e. The fourth-order valence-electron chi connectivity index (χ4n) is 3.17. The van der Waals surface area contributed by atoms with Crippen molar-refractivity contribution in [3.05, 3.63) is 56.8 Å². The van der Waals surface area contributed by atoms with Crippen molar-refractivity contribution >= 4 is 11.6 Å². The van der Waals surface area contributed by atoms with E-state index in [0.29, 0.717) is 42.0 Å². The molecule has 0 fully saturated rings. The average molecular weight is 333 g/mol. The zero-order valence-electron chi connectivity index (χ0n) is 13.4. The predicted molar refractivity (Wildman–Crippen MR) is 85.1 cm³/mol. The van der Waals surface area contributed by atoms with Gasteiger partial charge in [-0.25, -0.2) is 13.6 Å². The lowest BCUT2D eigenvalue weighted by atomic mass is 10.1. The van der Waals surface area contributed by atoms with Crippen LogP contribution in [0.25, 0.3) is 0 Å². The highest BCUT2D eigenvalue weighted by Crippen LogP contribution is 2.31. The molecule has 0 unspecified atom stereocenters. The topological polar surface area (TPSA) is 66.1 Å². The number of aryl methyl sites for hydroxylation is 2. The summed E-state index contributed by atoms with van der Waals surface area (Å²) in [6.07, 6.45) is 0.961. The van der Waals surface area contributed by atoms with Crippen LogP contribution in [0.3, 0.4) is 0 Å². The minimum atomic E-state index is -0.692. The number of anilines is 1. The number of amides is 1. The first-order chi connectivity index (χ1) is 11.4. The Balaban J connectivity index is 1.78. The summed E-state index contributed by atoms with van der Waals surface area (Å²) in [6, 6.07) is 2.03. The van der Waals surface area contributed by atoms with E-state index in [-0.39, 0.29) is 12.3 Å². The molecule has 2 aromatic rings. The van der Waals surface area contributed by atoms with Crippen LogP contribution in [0.2, 0.25) is 0 Å². The molecule has 1 aromatic heterocycles. The van der Waals surface area contributed by atoms with E-state index in [1.807, 2.05) is 0 Å². The van der Waals surface area contributed by atoms with Crippen LogP contribution < -0.4 is 10.6 Å². The molecule has 0 atom stereocenters. The summed E-state index contributed by atoms with van der Waals surface area (Å²) in [6.45, 7) is 3.82. The van der Waals surface area contributed by atoms with Crippen LogP contribution in [-0.2, 0) is 17.6 Å². The second-order valence-corrected chi connectivity index (χ2v) is 5.91. The molecule has 24 heavy (non-hydrogen) atoms. The lowest BCUT2D eigenvalue weighted by Gasteiger charge is -2.18. The van der Waals surface area contributed by atoms with Crippen molar-refractivity contribution in [1.82, 2.24) is 9.97 Å². The van der Waals surface area contributed by atoms with Gasteiger partial charge < -0.3 is 9.88 Å². The van der Waals surface area contributed by atoms with Crippen LogP contribution in [0.1, 0.15) is 28.9 Å². The van der Waals surface area contributed by atoms with Crippen LogP contribution in [0, 0.1) is 25.5 Å². The van der Waals surface area contributed by atoms with E-state index in [0.717, 1.165) is 11.6 Å². The van der Waals surface area contributed by atoms with Gasteiger partial charge in [0.05, 0.1) is 5.69 Å². The van der Waals surface area contributed by atoms with Gasteiger partial charge in [-0.2, -0.15) is 4.98 Å². The molecule has 1 aromatic carbocycles. The minimum absolute atomic E-state index is 0.174. The number of H-pyrrole nitrogens is 1. The monoisotopic (exact) mass is 333 g/mol. The molecule has 2 heterocycles. The number of hydrogen-bond acceptors (Lipinski definition) is 3. The van der Waals surface area contributed by atoms with E-state index in [1.165, 1.54) is 11.0 Å². The van der Waals surface area contributed by atoms with Gasteiger partial charge in [0.2, 0.25) is 5.91 Å². The molecule has 0 radical (unpaired) electrons. The molecule has 1 aliphatic heterocycles. The maximum Gasteiger partial charge on any atom is 0.345 e. The van der Waals surface area contributed by atoms with E-state index >= 15 is 0 Å². The SMILES string of the molecule is Cc1nc(=O)[nH]c(C)c1CCC(=O)N1CCc2c(F)cc(F)cc21. The molecule has 126 valence electrons. The van der Waals surface area contributed by atoms with Crippen molar-refractivity contribution in [3.8, 4) is 0 Å². The fraction of sp³-hybridized carbons (Fsp3) is 0.353. The Bertz CT molecular complexity index is 851. The summed E-state index contributed by atoms with van der Waals surface area (Å²) in [5, 5.41) is 0. The van der Waals surface area contributed by atoms with Crippen molar-refractivity contribution < 1.29 is 13.6 Å². The summed E-state index contributed by atoms with van der Waals surface area (Å²) in [4.78, 5) is 31.6. The van der Waals surface area contributed by atoms with Crippen LogP contribution in [0.5, 0.6) is 0 Å². The molecular weight excluding hydrogens is 316 g/mol. The Hall–Kier alpha value is -2.57. The van der Waals surface area contributed by atoms with E-state index in [4.69, 9.17) is 0 Å². The molecule has 1 N–H and O–H groups in total. The summed E-state index contributed by atoms with van der Waals surface area (Å²) < 4.78 is 27.2. The molecule has 3 rings (SSSR count). The summed E-state index contributed by atoms with van der Waals surface area (Å²) in [5.74, 6) is -1.51. The molecule has 0 spiro atoms. The highest BCUT2D eigenvalue weighted by Gasteiger charge is 2.27. The van der Waals surface area contributed by atoms with E-state index in [9.17, 15) is 18.4 Å². The third kappa shape index (κ3) is 2.93. The second kappa shape index (κ2) is 6.14. The number of nitrogens with zero attached hydrogens (tertiary/aromatic N) is 2. The normalized spacial score (nSPS) is 13.2. The Morgan fingerprint density at radius 2 is 2.08 bits per heavy atom. The molecular formula is C17H17F2N3O2. The maximum atomic E-state index is 13.8. The number of carbonyl (C=O) groups excluding carboxylic acids is 1. The number of hydrogen-bond donors (Lipinski definition) is 1. The van der Waals surface area contributed by atoms with Gasteiger partial charge in [0.25, 0.3) is 0 Å². The third-order valence-electron chi connectivity index (χ3n) is 4.36. The molecule has 5 nitrogen and oxygen atoms in total. The zero-order valence-corrected chi connectivity index (χ0v) is 13.4. The van der Waals surface area contributed by atoms with Crippen molar-refractivity contribution in [2.24, 2.45) is 0 Å². The van der Waals surface area contributed by atoms with Gasteiger partial charge >= 0.3 is 5.69 Å². The fourth-order valence-corrected chi connectivity index (χ4v) is 3.17. The highest BCUT2D eigenvalue weighted by atomic mass is 19.1. The number of nitrogens with one attached hydrogen (secondary N) is 1. The zero-order chi connectivity index (χ0) is 17.4. The summed E-state index contributed by atoms with van der Waals surface area (Å²) in [5.41, 5.74) is 2.35. The third-order valence-corrected chi connectivity index (χ3v) is 4.36. The Kier molecular flexibility index (Phi) is 4.17. The first-order valence-electron chi connectivity index (χ1n) is 7.71. The number of halogens is 2. The molecule has 0 aliphatic carbocycles. The van der Waals surface area contributed by atoms with Gasteiger partial charge in [0, 0.05) is 36.0 Å². The van der Waals surface area contributed by atoms with Gasteiger partial charge in [-0.3, -0.25) is 4.79 Å². The molecule has 0 bridgehead atoms. The van der Waals surface area contributed by atoms with Gasteiger partial charge in [0.1, 0.15) is 11.6 Å². The quantitative estimate of drug-likeness (QED) is 0.936. The molecule has 1 amide bonds. The van der Waals surface area contributed by atoms with E-state index < -0.39 is 17.3 Å². The first-order valence-corrected chi connectivity index (χ1v) is 7.71. The van der Waals surface area contributed by atoms with Gasteiger partial charge in [-0.05, 0) is 38.3 Å². The number of aromatic nitrogens is 2. The van der Waals surface area contributed by atoms with Gasteiger partial charge in [0.15, 0.2) is 0 Å². The Morgan fingerprint density at radius 3 is 2.79 bits per heavy atom. The van der Waals surface area contributed by atoms with Crippen molar-refractivity contribution in [3.63, 3.8) is 0 Å². The molecule has 0 saturated carbocycles. The molecule has 0 saturated heterocycles. The number of benzene rings is 1. The van der Waals surface area contributed by atoms with Crippen LogP contribution >= 0.6 is 0 Å². The van der Waals surface area contributed by atoms with Crippen molar-refractivity contribution in [1.29, 1.82) is 0 Å². The van der Waals surface area contributed by atoms with Crippen LogP contribution in [0.15, 0.2) is 16.9 Å². The number of rotatable bonds is 3.